The minimum absolute atomic E-state index is 0. The molecule has 2 nitrogen and oxygen atoms in total. The summed E-state index contributed by atoms with van der Waals surface area (Å²) in [6.45, 7) is 16.7. The number of benzene rings is 1. The minimum Gasteiger partial charge on any atom is -0.493 e. The Morgan fingerprint density at radius 3 is 2.13 bits per heavy atom. The number of ether oxygens (including phenoxy) is 1. The quantitative estimate of drug-likeness (QED) is 0.828. The van der Waals surface area contributed by atoms with Gasteiger partial charge in [-0.05, 0) is 59.9 Å². The molecule has 23 heavy (non-hydrogen) atoms. The van der Waals surface area contributed by atoms with E-state index >= 15 is 0 Å². The first-order valence-electron chi connectivity index (χ1n) is 8.66. The van der Waals surface area contributed by atoms with E-state index in [-0.39, 0.29) is 23.2 Å². The van der Waals surface area contributed by atoms with Gasteiger partial charge in [0.25, 0.3) is 0 Å². The lowest BCUT2D eigenvalue weighted by Crippen LogP contribution is -2.30. The molecule has 0 amide bonds. The summed E-state index contributed by atoms with van der Waals surface area (Å²) in [6.07, 6.45) is 2.45. The second kappa shape index (κ2) is 7.90. The monoisotopic (exact) mass is 339 g/mol. The van der Waals surface area contributed by atoms with Crippen LogP contribution in [0, 0.1) is 5.92 Å². The Kier molecular flexibility index (Phi) is 6.97. The summed E-state index contributed by atoms with van der Waals surface area (Å²) in [6, 6.07) is 6.76. The van der Waals surface area contributed by atoms with E-state index in [1.807, 2.05) is 0 Å². The molecule has 0 saturated carbocycles. The van der Waals surface area contributed by atoms with Crippen LogP contribution >= 0.6 is 12.4 Å². The third kappa shape index (κ3) is 5.69. The second-order valence-electron chi connectivity index (χ2n) is 8.72. The summed E-state index contributed by atoms with van der Waals surface area (Å²) in [5.74, 6) is 1.76. The zero-order valence-corrected chi connectivity index (χ0v) is 16.5. The lowest BCUT2D eigenvalue weighted by atomic mass is 9.80. The summed E-state index contributed by atoms with van der Waals surface area (Å²) in [5, 5.41) is 3.42. The Bertz CT molecular complexity index is 493. The lowest BCUT2D eigenvalue weighted by molar-refractivity contribution is 0.211. The van der Waals surface area contributed by atoms with Crippen LogP contribution in [0.25, 0.3) is 0 Å². The van der Waals surface area contributed by atoms with Gasteiger partial charge in [-0.15, -0.1) is 12.4 Å². The SMILES string of the molecule is CC(C)(C)c1ccc(OCC2CCNCC2)c(C(C)(C)C)c1.Cl. The summed E-state index contributed by atoms with van der Waals surface area (Å²) in [7, 11) is 0. The molecule has 1 heterocycles. The zero-order valence-electron chi connectivity index (χ0n) is 15.7. The highest BCUT2D eigenvalue weighted by Crippen LogP contribution is 2.35. The third-order valence-corrected chi connectivity index (χ3v) is 4.59. The molecule has 0 spiro atoms. The maximum absolute atomic E-state index is 6.24. The Morgan fingerprint density at radius 2 is 1.61 bits per heavy atom. The van der Waals surface area contributed by atoms with Crippen LogP contribution in [0.2, 0.25) is 0 Å². The molecule has 0 bridgehead atoms. The highest BCUT2D eigenvalue weighted by Gasteiger charge is 2.23. The summed E-state index contributed by atoms with van der Waals surface area (Å²) < 4.78 is 6.24. The molecule has 3 heteroatoms. The molecule has 1 aromatic rings. The molecule has 2 rings (SSSR count). The van der Waals surface area contributed by atoms with E-state index in [9.17, 15) is 0 Å². The largest absolute Gasteiger partial charge is 0.493 e. The predicted octanol–water partition coefficient (Wildman–Crippen LogP) is 5.08. The molecule has 1 N–H and O–H groups in total. The zero-order chi connectivity index (χ0) is 16.4. The molecule has 1 aromatic carbocycles. The molecular formula is C20H34ClNO. The van der Waals surface area contributed by atoms with Crippen molar-refractivity contribution >= 4 is 12.4 Å². The van der Waals surface area contributed by atoms with Crippen molar-refractivity contribution in [1.29, 1.82) is 0 Å². The molecule has 0 aliphatic carbocycles. The van der Waals surface area contributed by atoms with Gasteiger partial charge >= 0.3 is 0 Å². The molecule has 0 unspecified atom stereocenters. The van der Waals surface area contributed by atoms with Crippen molar-refractivity contribution in [2.45, 2.75) is 65.2 Å². The highest BCUT2D eigenvalue weighted by atomic mass is 35.5. The fourth-order valence-electron chi connectivity index (χ4n) is 2.96. The van der Waals surface area contributed by atoms with Gasteiger partial charge in [-0.3, -0.25) is 0 Å². The molecule has 1 aliphatic heterocycles. The fourth-order valence-corrected chi connectivity index (χ4v) is 2.96. The van der Waals surface area contributed by atoms with Crippen LogP contribution in [0.5, 0.6) is 5.75 Å². The predicted molar refractivity (Wildman–Crippen MR) is 102 cm³/mol. The van der Waals surface area contributed by atoms with Crippen molar-refractivity contribution < 1.29 is 4.74 Å². The smallest absolute Gasteiger partial charge is 0.123 e. The van der Waals surface area contributed by atoms with E-state index in [4.69, 9.17) is 4.74 Å². The Hall–Kier alpha value is -0.730. The average molecular weight is 340 g/mol. The Labute approximate surface area is 148 Å². The summed E-state index contributed by atoms with van der Waals surface area (Å²) in [4.78, 5) is 0. The second-order valence-corrected chi connectivity index (χ2v) is 8.72. The fraction of sp³-hybridized carbons (Fsp3) is 0.700. The highest BCUT2D eigenvalue weighted by molar-refractivity contribution is 5.85. The number of nitrogens with one attached hydrogen (secondary N) is 1. The van der Waals surface area contributed by atoms with Crippen molar-refractivity contribution in [3.63, 3.8) is 0 Å². The number of hydrogen-bond acceptors (Lipinski definition) is 2. The van der Waals surface area contributed by atoms with E-state index in [2.05, 4.69) is 65.1 Å². The molecule has 1 saturated heterocycles. The average Bonchev–Trinajstić information content (AvgIpc) is 2.44. The maximum Gasteiger partial charge on any atom is 0.123 e. The Balaban J connectivity index is 0.00000264. The molecule has 1 fully saturated rings. The van der Waals surface area contributed by atoms with Crippen LogP contribution in [-0.2, 0) is 10.8 Å². The number of hydrogen-bond donors (Lipinski definition) is 1. The van der Waals surface area contributed by atoms with Gasteiger partial charge in [-0.25, -0.2) is 0 Å². The first-order chi connectivity index (χ1) is 10.2. The van der Waals surface area contributed by atoms with Crippen LogP contribution < -0.4 is 10.1 Å². The van der Waals surface area contributed by atoms with Gasteiger partial charge < -0.3 is 10.1 Å². The topological polar surface area (TPSA) is 21.3 Å². The van der Waals surface area contributed by atoms with Crippen LogP contribution in [0.1, 0.15) is 65.5 Å². The number of halogens is 1. The number of piperidine rings is 1. The summed E-state index contributed by atoms with van der Waals surface area (Å²) >= 11 is 0. The first-order valence-corrected chi connectivity index (χ1v) is 8.66. The molecule has 0 radical (unpaired) electrons. The normalized spacial score (nSPS) is 16.8. The van der Waals surface area contributed by atoms with Crippen molar-refractivity contribution in [2.24, 2.45) is 5.92 Å². The Morgan fingerprint density at radius 1 is 1.00 bits per heavy atom. The van der Waals surface area contributed by atoms with Crippen molar-refractivity contribution in [3.8, 4) is 5.75 Å². The van der Waals surface area contributed by atoms with Gasteiger partial charge in [-0.1, -0.05) is 53.7 Å². The standard InChI is InChI=1S/C20H33NO.ClH/c1-19(2,3)16-7-8-18(17(13-16)20(4,5)6)22-14-15-9-11-21-12-10-15;/h7-8,13,15,21H,9-12,14H2,1-6H3;1H. The molecule has 1 aliphatic rings. The number of rotatable bonds is 3. The van der Waals surface area contributed by atoms with E-state index in [0.717, 1.165) is 25.4 Å². The van der Waals surface area contributed by atoms with Gasteiger partial charge in [0.05, 0.1) is 6.61 Å². The van der Waals surface area contributed by atoms with Gasteiger partial charge in [0.15, 0.2) is 0 Å². The van der Waals surface area contributed by atoms with Gasteiger partial charge in [-0.2, -0.15) is 0 Å². The van der Waals surface area contributed by atoms with E-state index in [1.165, 1.54) is 24.0 Å². The molecule has 0 aromatic heterocycles. The van der Waals surface area contributed by atoms with Gasteiger partial charge in [0.2, 0.25) is 0 Å². The summed E-state index contributed by atoms with van der Waals surface area (Å²) in [5.41, 5.74) is 2.98. The van der Waals surface area contributed by atoms with Crippen molar-refractivity contribution in [2.75, 3.05) is 19.7 Å². The molecule has 132 valence electrons. The van der Waals surface area contributed by atoms with E-state index < -0.39 is 0 Å². The van der Waals surface area contributed by atoms with E-state index in [0.29, 0.717) is 5.92 Å². The van der Waals surface area contributed by atoms with Crippen molar-refractivity contribution in [1.82, 2.24) is 5.32 Å². The van der Waals surface area contributed by atoms with E-state index in [1.54, 1.807) is 0 Å². The van der Waals surface area contributed by atoms with Crippen LogP contribution in [-0.4, -0.2) is 19.7 Å². The van der Waals surface area contributed by atoms with Gasteiger partial charge in [0, 0.05) is 0 Å². The third-order valence-electron chi connectivity index (χ3n) is 4.59. The molecule has 0 atom stereocenters. The van der Waals surface area contributed by atoms with Crippen LogP contribution in [0.3, 0.4) is 0 Å². The van der Waals surface area contributed by atoms with Crippen molar-refractivity contribution in [3.05, 3.63) is 29.3 Å². The first kappa shape index (κ1) is 20.3. The molecular weight excluding hydrogens is 306 g/mol. The maximum atomic E-state index is 6.24. The van der Waals surface area contributed by atoms with Crippen LogP contribution in [0.4, 0.5) is 0 Å². The minimum atomic E-state index is 0. The van der Waals surface area contributed by atoms with Crippen LogP contribution in [0.15, 0.2) is 18.2 Å². The lowest BCUT2D eigenvalue weighted by Gasteiger charge is -2.28. The van der Waals surface area contributed by atoms with Gasteiger partial charge in [0.1, 0.15) is 5.75 Å².